The number of fused-ring (bicyclic) bond motifs is 1. The number of anilines is 3. The lowest BCUT2D eigenvalue weighted by molar-refractivity contribution is 1.20. The molecule has 0 saturated heterocycles. The summed E-state index contributed by atoms with van der Waals surface area (Å²) in [5.41, 5.74) is 3.59. The molecule has 0 atom stereocenters. The second kappa shape index (κ2) is 5.33. The minimum absolute atomic E-state index is 0.636. The van der Waals surface area contributed by atoms with E-state index in [0.717, 1.165) is 21.7 Å². The number of hydrogen-bond donors (Lipinski definition) is 2. The topological polar surface area (TPSA) is 49.8 Å². The van der Waals surface area contributed by atoms with Crippen molar-refractivity contribution in [3.63, 3.8) is 0 Å². The molecule has 0 aliphatic rings. The van der Waals surface area contributed by atoms with Gasteiger partial charge in [-0.2, -0.15) is 4.98 Å². The van der Waals surface area contributed by atoms with Crippen LogP contribution in [0.25, 0.3) is 10.2 Å². The van der Waals surface area contributed by atoms with Crippen molar-refractivity contribution in [2.45, 2.75) is 20.8 Å². The van der Waals surface area contributed by atoms with E-state index in [0.29, 0.717) is 5.95 Å². The van der Waals surface area contributed by atoms with E-state index in [-0.39, 0.29) is 0 Å². The van der Waals surface area contributed by atoms with Gasteiger partial charge in [0, 0.05) is 17.6 Å². The summed E-state index contributed by atoms with van der Waals surface area (Å²) in [4.78, 5) is 11.3. The summed E-state index contributed by atoms with van der Waals surface area (Å²) in [5, 5.41) is 7.55. The molecule has 21 heavy (non-hydrogen) atoms. The first kappa shape index (κ1) is 13.8. The van der Waals surface area contributed by atoms with E-state index >= 15 is 0 Å². The molecule has 2 aromatic heterocycles. The highest BCUT2D eigenvalue weighted by Crippen LogP contribution is 2.32. The molecular weight excluding hydrogens is 280 g/mol. The predicted octanol–water partition coefficient (Wildman–Crippen LogP) is 4.40. The number of aromatic nitrogens is 2. The van der Waals surface area contributed by atoms with Gasteiger partial charge in [0.25, 0.3) is 0 Å². The van der Waals surface area contributed by atoms with Crippen LogP contribution in [0, 0.1) is 20.8 Å². The molecule has 0 bridgehead atoms. The third-order valence-electron chi connectivity index (χ3n) is 3.60. The summed E-state index contributed by atoms with van der Waals surface area (Å²) in [6.07, 6.45) is 0. The predicted molar refractivity (Wildman–Crippen MR) is 90.9 cm³/mol. The summed E-state index contributed by atoms with van der Waals surface area (Å²) in [6.45, 7) is 6.32. The van der Waals surface area contributed by atoms with Gasteiger partial charge in [-0.05, 0) is 44.0 Å². The van der Waals surface area contributed by atoms with Crippen LogP contribution < -0.4 is 10.6 Å². The van der Waals surface area contributed by atoms with Crippen LogP contribution in [-0.2, 0) is 0 Å². The minimum Gasteiger partial charge on any atom is -0.357 e. The Kier molecular flexibility index (Phi) is 3.51. The third kappa shape index (κ3) is 2.56. The van der Waals surface area contributed by atoms with Gasteiger partial charge in [-0.1, -0.05) is 12.1 Å². The maximum atomic E-state index is 4.57. The van der Waals surface area contributed by atoms with E-state index in [4.69, 9.17) is 0 Å². The molecule has 5 heteroatoms. The van der Waals surface area contributed by atoms with E-state index in [1.165, 1.54) is 16.0 Å². The normalized spacial score (nSPS) is 10.9. The standard InChI is InChI=1S/C16H18N4S/c1-9-6-5-7-13(11(9)3)18-14-12-8-10(2)21-15(12)20-16(17-4)19-14/h5-8H,1-4H3,(H2,17,18,19,20). The maximum absolute atomic E-state index is 4.57. The van der Waals surface area contributed by atoms with E-state index in [1.54, 1.807) is 11.3 Å². The van der Waals surface area contributed by atoms with E-state index in [2.05, 4.69) is 65.6 Å². The summed E-state index contributed by atoms with van der Waals surface area (Å²) in [6, 6.07) is 8.38. The highest BCUT2D eigenvalue weighted by Gasteiger charge is 2.11. The number of nitrogens with zero attached hydrogens (tertiary/aromatic N) is 2. The van der Waals surface area contributed by atoms with Crippen LogP contribution in [0.4, 0.5) is 17.5 Å². The van der Waals surface area contributed by atoms with Gasteiger partial charge in [-0.15, -0.1) is 11.3 Å². The summed E-state index contributed by atoms with van der Waals surface area (Å²) in [7, 11) is 1.84. The van der Waals surface area contributed by atoms with Crippen molar-refractivity contribution in [1.82, 2.24) is 9.97 Å². The molecule has 3 aromatic rings. The monoisotopic (exact) mass is 298 g/mol. The van der Waals surface area contributed by atoms with Crippen LogP contribution in [0.3, 0.4) is 0 Å². The molecule has 0 radical (unpaired) electrons. The van der Waals surface area contributed by atoms with Crippen molar-refractivity contribution in [1.29, 1.82) is 0 Å². The zero-order valence-electron chi connectivity index (χ0n) is 12.6. The van der Waals surface area contributed by atoms with Crippen molar-refractivity contribution in [3.05, 3.63) is 40.3 Å². The fourth-order valence-corrected chi connectivity index (χ4v) is 3.14. The van der Waals surface area contributed by atoms with Crippen LogP contribution in [0.5, 0.6) is 0 Å². The Labute approximate surface area is 128 Å². The van der Waals surface area contributed by atoms with Gasteiger partial charge in [-0.25, -0.2) is 4.98 Å². The molecule has 1 aromatic carbocycles. The SMILES string of the molecule is CNc1nc(Nc2cccc(C)c2C)c2cc(C)sc2n1. The lowest BCUT2D eigenvalue weighted by Gasteiger charge is -2.12. The number of rotatable bonds is 3. The highest BCUT2D eigenvalue weighted by molar-refractivity contribution is 7.18. The van der Waals surface area contributed by atoms with Gasteiger partial charge in [-0.3, -0.25) is 0 Å². The van der Waals surface area contributed by atoms with Crippen molar-refractivity contribution < 1.29 is 0 Å². The number of nitrogens with one attached hydrogen (secondary N) is 2. The first-order valence-electron chi connectivity index (χ1n) is 6.87. The zero-order valence-corrected chi connectivity index (χ0v) is 13.4. The maximum Gasteiger partial charge on any atom is 0.225 e. The van der Waals surface area contributed by atoms with Crippen molar-refractivity contribution in [2.24, 2.45) is 0 Å². The Bertz CT molecular complexity index is 807. The molecule has 4 nitrogen and oxygen atoms in total. The van der Waals surface area contributed by atoms with Gasteiger partial charge >= 0.3 is 0 Å². The Morgan fingerprint density at radius 2 is 1.90 bits per heavy atom. The van der Waals surface area contributed by atoms with Crippen LogP contribution in [0.2, 0.25) is 0 Å². The first-order chi connectivity index (χ1) is 10.1. The molecule has 108 valence electrons. The van der Waals surface area contributed by atoms with E-state index < -0.39 is 0 Å². The largest absolute Gasteiger partial charge is 0.357 e. The average molecular weight is 298 g/mol. The lowest BCUT2D eigenvalue weighted by atomic mass is 10.1. The van der Waals surface area contributed by atoms with Crippen molar-refractivity contribution in [3.8, 4) is 0 Å². The molecule has 2 heterocycles. The van der Waals surface area contributed by atoms with Gasteiger partial charge in [0.05, 0.1) is 5.39 Å². The molecule has 3 rings (SSSR count). The van der Waals surface area contributed by atoms with Crippen LogP contribution in [0.15, 0.2) is 24.3 Å². The molecule has 0 aliphatic heterocycles. The van der Waals surface area contributed by atoms with Crippen LogP contribution in [0.1, 0.15) is 16.0 Å². The van der Waals surface area contributed by atoms with Gasteiger partial charge in [0.1, 0.15) is 10.6 Å². The summed E-state index contributed by atoms with van der Waals surface area (Å²) >= 11 is 1.68. The summed E-state index contributed by atoms with van der Waals surface area (Å²) in [5.74, 6) is 1.49. The number of benzene rings is 1. The molecule has 0 amide bonds. The molecular formula is C16H18N4S. The fraction of sp³-hybridized carbons (Fsp3) is 0.250. The Morgan fingerprint density at radius 3 is 2.67 bits per heavy atom. The zero-order chi connectivity index (χ0) is 15.0. The molecule has 2 N–H and O–H groups in total. The molecule has 0 fully saturated rings. The van der Waals surface area contributed by atoms with Crippen LogP contribution in [-0.4, -0.2) is 17.0 Å². The quantitative estimate of drug-likeness (QED) is 0.752. The van der Waals surface area contributed by atoms with Gasteiger partial charge in [0.15, 0.2) is 0 Å². The lowest BCUT2D eigenvalue weighted by Crippen LogP contribution is -2.02. The Balaban J connectivity index is 2.12. The van der Waals surface area contributed by atoms with E-state index in [1.807, 2.05) is 7.05 Å². The average Bonchev–Trinajstić information content (AvgIpc) is 2.84. The second-order valence-corrected chi connectivity index (χ2v) is 6.33. The number of hydrogen-bond acceptors (Lipinski definition) is 5. The van der Waals surface area contributed by atoms with Gasteiger partial charge < -0.3 is 10.6 Å². The Hall–Kier alpha value is -2.14. The molecule has 0 spiro atoms. The molecule has 0 aliphatic carbocycles. The van der Waals surface area contributed by atoms with Crippen molar-refractivity contribution in [2.75, 3.05) is 17.7 Å². The number of thiophene rings is 1. The van der Waals surface area contributed by atoms with Crippen LogP contribution >= 0.6 is 11.3 Å². The first-order valence-corrected chi connectivity index (χ1v) is 7.69. The Morgan fingerprint density at radius 1 is 1.10 bits per heavy atom. The minimum atomic E-state index is 0.636. The number of aryl methyl sites for hydroxylation is 2. The fourth-order valence-electron chi connectivity index (χ4n) is 2.26. The molecule has 0 unspecified atom stereocenters. The van der Waals surface area contributed by atoms with Gasteiger partial charge in [0.2, 0.25) is 5.95 Å². The smallest absolute Gasteiger partial charge is 0.225 e. The second-order valence-electron chi connectivity index (χ2n) is 5.09. The highest BCUT2D eigenvalue weighted by atomic mass is 32.1. The summed E-state index contributed by atoms with van der Waals surface area (Å²) < 4.78 is 0. The van der Waals surface area contributed by atoms with Crippen molar-refractivity contribution >= 4 is 39.0 Å². The van der Waals surface area contributed by atoms with E-state index in [9.17, 15) is 0 Å². The third-order valence-corrected chi connectivity index (χ3v) is 4.54. The molecule has 0 saturated carbocycles.